The van der Waals surface area contributed by atoms with Crippen LogP contribution in [0.4, 0.5) is 5.69 Å². The predicted octanol–water partition coefficient (Wildman–Crippen LogP) is 4.92. The Morgan fingerprint density at radius 1 is 1.28 bits per heavy atom. The van der Waals surface area contributed by atoms with Crippen LogP contribution in [0.25, 0.3) is 0 Å². The molecule has 1 aromatic carbocycles. The van der Waals surface area contributed by atoms with Crippen LogP contribution < -0.4 is 5.32 Å². The van der Waals surface area contributed by atoms with Gasteiger partial charge in [-0.05, 0) is 25.0 Å². The van der Waals surface area contributed by atoms with Gasteiger partial charge in [0, 0.05) is 12.3 Å². The van der Waals surface area contributed by atoms with Crippen LogP contribution >= 0.6 is 34.8 Å². The average molecular weight is 311 g/mol. The number of ether oxygens (including phenoxy) is 1. The standard InChI is InChI=1S/C13H18Cl3NO/c1-3-4-9-18-12(13(14,15)16)17-11-8-6-5-7-10(11)2/h5-8,12,17H,3-4,9H2,1-2H3. The molecule has 2 nitrogen and oxygen atoms in total. The number of nitrogens with one attached hydrogen (secondary N) is 1. The molecule has 0 aromatic heterocycles. The maximum atomic E-state index is 5.92. The van der Waals surface area contributed by atoms with E-state index in [0.717, 1.165) is 24.1 Å². The Hall–Kier alpha value is -0.150. The number of para-hydroxylation sites is 1. The van der Waals surface area contributed by atoms with Crippen molar-refractivity contribution >= 4 is 40.5 Å². The number of aryl methyl sites for hydroxylation is 1. The monoisotopic (exact) mass is 309 g/mol. The van der Waals surface area contributed by atoms with E-state index in [1.54, 1.807) is 0 Å². The van der Waals surface area contributed by atoms with Crippen LogP contribution in [0.15, 0.2) is 24.3 Å². The van der Waals surface area contributed by atoms with Crippen molar-refractivity contribution in [2.24, 2.45) is 0 Å². The molecule has 0 aliphatic heterocycles. The molecule has 102 valence electrons. The van der Waals surface area contributed by atoms with E-state index in [1.165, 1.54) is 0 Å². The van der Waals surface area contributed by atoms with Crippen LogP contribution in [0.2, 0.25) is 0 Å². The Balaban J connectivity index is 2.70. The quantitative estimate of drug-likeness (QED) is 0.457. The van der Waals surface area contributed by atoms with Gasteiger partial charge in [-0.2, -0.15) is 0 Å². The molecule has 0 aliphatic rings. The third-order valence-corrected chi connectivity index (χ3v) is 3.11. The summed E-state index contributed by atoms with van der Waals surface area (Å²) in [4.78, 5) is 0. The van der Waals surface area contributed by atoms with Crippen molar-refractivity contribution < 1.29 is 4.74 Å². The number of benzene rings is 1. The molecular formula is C13H18Cl3NO. The average Bonchev–Trinajstić information content (AvgIpc) is 2.29. The minimum Gasteiger partial charge on any atom is -0.356 e. The number of anilines is 1. The zero-order chi connectivity index (χ0) is 13.6. The van der Waals surface area contributed by atoms with E-state index in [0.29, 0.717) is 6.61 Å². The Kier molecular flexibility index (Phi) is 6.58. The second-order valence-corrected chi connectivity index (χ2v) is 6.47. The second kappa shape index (κ2) is 7.44. The van der Waals surface area contributed by atoms with Gasteiger partial charge < -0.3 is 10.1 Å². The van der Waals surface area contributed by atoms with E-state index in [9.17, 15) is 0 Å². The van der Waals surface area contributed by atoms with Crippen molar-refractivity contribution in [3.05, 3.63) is 29.8 Å². The number of hydrogen-bond donors (Lipinski definition) is 1. The molecule has 1 aromatic rings. The fraction of sp³-hybridized carbons (Fsp3) is 0.538. The summed E-state index contributed by atoms with van der Waals surface area (Å²) >= 11 is 17.8. The van der Waals surface area contributed by atoms with Crippen molar-refractivity contribution in [3.8, 4) is 0 Å². The van der Waals surface area contributed by atoms with Gasteiger partial charge in [0.1, 0.15) is 0 Å². The smallest absolute Gasteiger partial charge is 0.234 e. The van der Waals surface area contributed by atoms with Crippen molar-refractivity contribution in [1.82, 2.24) is 0 Å². The minimum atomic E-state index is -1.50. The highest BCUT2D eigenvalue weighted by Crippen LogP contribution is 2.33. The van der Waals surface area contributed by atoms with Crippen LogP contribution in [-0.4, -0.2) is 16.6 Å². The van der Waals surface area contributed by atoms with Gasteiger partial charge in [0.05, 0.1) is 0 Å². The van der Waals surface area contributed by atoms with Gasteiger partial charge in [0.2, 0.25) is 3.79 Å². The lowest BCUT2D eigenvalue weighted by molar-refractivity contribution is 0.0726. The molecule has 0 saturated carbocycles. The Morgan fingerprint density at radius 3 is 2.50 bits per heavy atom. The Morgan fingerprint density at radius 2 is 1.94 bits per heavy atom. The first-order chi connectivity index (χ1) is 8.45. The fourth-order valence-corrected chi connectivity index (χ4v) is 1.79. The first-order valence-electron chi connectivity index (χ1n) is 5.95. The van der Waals surface area contributed by atoms with E-state index in [1.807, 2.05) is 31.2 Å². The summed E-state index contributed by atoms with van der Waals surface area (Å²) in [6.45, 7) is 4.64. The molecule has 0 spiro atoms. The van der Waals surface area contributed by atoms with Gasteiger partial charge in [-0.1, -0.05) is 66.3 Å². The summed E-state index contributed by atoms with van der Waals surface area (Å²) in [7, 11) is 0. The van der Waals surface area contributed by atoms with Gasteiger partial charge in [0.25, 0.3) is 0 Å². The van der Waals surface area contributed by atoms with Crippen molar-refractivity contribution in [3.63, 3.8) is 0 Å². The topological polar surface area (TPSA) is 21.3 Å². The van der Waals surface area contributed by atoms with Gasteiger partial charge in [-0.3, -0.25) is 0 Å². The van der Waals surface area contributed by atoms with E-state index >= 15 is 0 Å². The number of hydrogen-bond acceptors (Lipinski definition) is 2. The van der Waals surface area contributed by atoms with Crippen LogP contribution in [0.1, 0.15) is 25.3 Å². The van der Waals surface area contributed by atoms with Crippen LogP contribution in [-0.2, 0) is 4.74 Å². The summed E-state index contributed by atoms with van der Waals surface area (Å²) in [5.74, 6) is 0. The lowest BCUT2D eigenvalue weighted by Gasteiger charge is -2.27. The maximum absolute atomic E-state index is 5.92. The first-order valence-corrected chi connectivity index (χ1v) is 7.09. The van der Waals surface area contributed by atoms with Gasteiger partial charge in [0.15, 0.2) is 6.23 Å². The molecule has 18 heavy (non-hydrogen) atoms. The molecule has 1 rings (SSSR count). The highest BCUT2D eigenvalue weighted by molar-refractivity contribution is 6.68. The number of alkyl halides is 3. The minimum absolute atomic E-state index is 0.563. The molecule has 0 fully saturated rings. The number of unbranched alkanes of at least 4 members (excludes halogenated alkanes) is 1. The molecule has 0 amide bonds. The molecule has 0 bridgehead atoms. The molecule has 0 heterocycles. The van der Waals surface area contributed by atoms with E-state index in [-0.39, 0.29) is 0 Å². The van der Waals surface area contributed by atoms with Crippen molar-refractivity contribution in [2.45, 2.75) is 36.7 Å². The van der Waals surface area contributed by atoms with Crippen LogP contribution in [0, 0.1) is 6.92 Å². The Bertz CT molecular complexity index is 365. The largest absolute Gasteiger partial charge is 0.356 e. The first kappa shape index (κ1) is 15.9. The Labute approximate surface area is 124 Å². The molecule has 1 atom stereocenters. The van der Waals surface area contributed by atoms with E-state index in [4.69, 9.17) is 39.5 Å². The van der Waals surface area contributed by atoms with Crippen molar-refractivity contribution in [2.75, 3.05) is 11.9 Å². The summed E-state index contributed by atoms with van der Waals surface area (Å²) in [6.07, 6.45) is 1.32. The highest BCUT2D eigenvalue weighted by atomic mass is 35.6. The molecule has 1 N–H and O–H groups in total. The van der Waals surface area contributed by atoms with Gasteiger partial charge in [-0.25, -0.2) is 0 Å². The zero-order valence-electron chi connectivity index (χ0n) is 10.6. The predicted molar refractivity (Wildman–Crippen MR) is 79.7 cm³/mol. The van der Waals surface area contributed by atoms with Crippen LogP contribution in [0.5, 0.6) is 0 Å². The maximum Gasteiger partial charge on any atom is 0.234 e. The third-order valence-electron chi connectivity index (χ3n) is 2.51. The van der Waals surface area contributed by atoms with Crippen LogP contribution in [0.3, 0.4) is 0 Å². The summed E-state index contributed by atoms with van der Waals surface area (Å²) in [5.41, 5.74) is 1.99. The molecule has 0 aliphatic carbocycles. The normalized spacial score (nSPS) is 13.4. The molecule has 0 saturated heterocycles. The lowest BCUT2D eigenvalue weighted by Crippen LogP contribution is -2.36. The summed E-state index contributed by atoms with van der Waals surface area (Å²) in [6, 6.07) is 7.81. The highest BCUT2D eigenvalue weighted by Gasteiger charge is 2.33. The molecule has 5 heteroatoms. The summed E-state index contributed by atoms with van der Waals surface area (Å²) < 4.78 is 4.09. The van der Waals surface area contributed by atoms with E-state index < -0.39 is 10.0 Å². The number of rotatable bonds is 6. The zero-order valence-corrected chi connectivity index (χ0v) is 12.8. The summed E-state index contributed by atoms with van der Waals surface area (Å²) in [5, 5.41) is 3.13. The van der Waals surface area contributed by atoms with E-state index in [2.05, 4.69) is 12.2 Å². The van der Waals surface area contributed by atoms with Gasteiger partial charge in [-0.15, -0.1) is 0 Å². The lowest BCUT2D eigenvalue weighted by atomic mass is 10.2. The second-order valence-electron chi connectivity index (χ2n) is 4.11. The van der Waals surface area contributed by atoms with Crippen molar-refractivity contribution in [1.29, 1.82) is 0 Å². The number of halogens is 3. The SMILES string of the molecule is CCCCOC(Nc1ccccc1C)C(Cl)(Cl)Cl. The molecule has 1 unspecified atom stereocenters. The molecule has 0 radical (unpaired) electrons. The van der Waals surface area contributed by atoms with Gasteiger partial charge >= 0.3 is 0 Å². The fourth-order valence-electron chi connectivity index (χ4n) is 1.44. The third kappa shape index (κ3) is 5.23. The molecular weight excluding hydrogens is 293 g/mol.